The second-order valence-corrected chi connectivity index (χ2v) is 5.81. The topological polar surface area (TPSA) is 97.4 Å². The van der Waals surface area contributed by atoms with Crippen molar-refractivity contribution in [1.29, 1.82) is 0 Å². The van der Waals surface area contributed by atoms with E-state index >= 15 is 0 Å². The Morgan fingerprint density at radius 1 is 1.35 bits per heavy atom. The van der Waals surface area contributed by atoms with E-state index < -0.39 is 36.4 Å². The highest BCUT2D eigenvalue weighted by Crippen LogP contribution is 2.28. The van der Waals surface area contributed by atoms with E-state index in [1.54, 1.807) is 0 Å². The van der Waals surface area contributed by atoms with Crippen molar-refractivity contribution in [3.05, 3.63) is 29.1 Å². The molecule has 0 bridgehead atoms. The van der Waals surface area contributed by atoms with Gasteiger partial charge in [0.15, 0.2) is 6.61 Å². The lowest BCUT2D eigenvalue weighted by atomic mass is 10.1. The molecule has 0 aliphatic carbocycles. The number of esters is 1. The van der Waals surface area contributed by atoms with E-state index in [2.05, 4.69) is 15.6 Å². The number of amides is 2. The van der Waals surface area contributed by atoms with Crippen LogP contribution < -0.4 is 10.6 Å². The Bertz CT molecular complexity index is 706. The highest BCUT2D eigenvalue weighted by Gasteiger charge is 2.33. The van der Waals surface area contributed by atoms with E-state index in [0.29, 0.717) is 19.0 Å². The van der Waals surface area contributed by atoms with Gasteiger partial charge in [-0.1, -0.05) is 0 Å². The van der Waals surface area contributed by atoms with E-state index in [0.717, 1.165) is 18.9 Å². The lowest BCUT2D eigenvalue weighted by molar-refractivity contribution is -0.141. The molecule has 0 saturated carbocycles. The zero-order chi connectivity index (χ0) is 19.3. The van der Waals surface area contributed by atoms with Crippen LogP contribution in [0.3, 0.4) is 0 Å². The van der Waals surface area contributed by atoms with Crippen LogP contribution in [-0.2, 0) is 20.5 Å². The number of pyridine rings is 1. The average molecular weight is 373 g/mol. The molecular formula is C16H18F3N3O4. The first kappa shape index (κ1) is 19.7. The van der Waals surface area contributed by atoms with Gasteiger partial charge in [-0.3, -0.25) is 9.59 Å². The average Bonchev–Trinajstić information content (AvgIpc) is 2.76. The molecule has 2 rings (SSSR count). The highest BCUT2D eigenvalue weighted by atomic mass is 19.4. The van der Waals surface area contributed by atoms with Crippen molar-refractivity contribution in [2.45, 2.75) is 38.4 Å². The molecule has 26 heavy (non-hydrogen) atoms. The molecule has 1 aromatic rings. The summed E-state index contributed by atoms with van der Waals surface area (Å²) in [4.78, 5) is 38.8. The molecule has 1 aromatic heterocycles. The fourth-order valence-corrected chi connectivity index (χ4v) is 2.46. The van der Waals surface area contributed by atoms with Gasteiger partial charge in [-0.25, -0.2) is 9.78 Å². The summed E-state index contributed by atoms with van der Waals surface area (Å²) in [6, 6.07) is 0.919. The van der Waals surface area contributed by atoms with Gasteiger partial charge in [-0.2, -0.15) is 13.2 Å². The fourth-order valence-electron chi connectivity index (χ4n) is 2.46. The highest BCUT2D eigenvalue weighted by molar-refractivity contribution is 5.93. The van der Waals surface area contributed by atoms with Crippen molar-refractivity contribution in [2.75, 3.05) is 13.2 Å². The van der Waals surface area contributed by atoms with Crippen molar-refractivity contribution in [2.24, 2.45) is 0 Å². The molecule has 1 unspecified atom stereocenters. The van der Waals surface area contributed by atoms with E-state index in [1.807, 2.05) is 0 Å². The second kappa shape index (κ2) is 8.15. The molecule has 7 nitrogen and oxygen atoms in total. The van der Waals surface area contributed by atoms with Crippen LogP contribution in [0, 0.1) is 6.92 Å². The van der Waals surface area contributed by atoms with Gasteiger partial charge in [0.05, 0.1) is 11.3 Å². The number of carbonyl (C=O) groups is 3. The summed E-state index contributed by atoms with van der Waals surface area (Å²) in [7, 11) is 0. The van der Waals surface area contributed by atoms with Crippen LogP contribution in [0.15, 0.2) is 12.1 Å². The van der Waals surface area contributed by atoms with Gasteiger partial charge in [0, 0.05) is 6.54 Å². The van der Waals surface area contributed by atoms with Crippen molar-refractivity contribution >= 4 is 17.8 Å². The zero-order valence-electron chi connectivity index (χ0n) is 14.0. The van der Waals surface area contributed by atoms with Crippen LogP contribution in [0.4, 0.5) is 13.2 Å². The molecule has 1 aliphatic rings. The molecule has 0 spiro atoms. The zero-order valence-corrected chi connectivity index (χ0v) is 14.0. The molecule has 2 N–H and O–H groups in total. The quantitative estimate of drug-likeness (QED) is 0.777. The largest absolute Gasteiger partial charge is 0.452 e. The normalized spacial score (nSPS) is 17.8. The Kier molecular flexibility index (Phi) is 6.17. The minimum absolute atomic E-state index is 0.159. The molecule has 1 fully saturated rings. The summed E-state index contributed by atoms with van der Waals surface area (Å²) in [5.74, 6) is -1.94. The fraction of sp³-hybridized carbons (Fsp3) is 0.500. The first-order valence-corrected chi connectivity index (χ1v) is 7.97. The summed E-state index contributed by atoms with van der Waals surface area (Å²) in [6.07, 6.45) is -2.56. The number of aromatic nitrogens is 1. The van der Waals surface area contributed by atoms with Crippen LogP contribution >= 0.6 is 0 Å². The molecule has 0 aromatic carbocycles. The molecule has 0 radical (unpaired) electrons. The lowest BCUT2D eigenvalue weighted by Gasteiger charge is -2.15. The maximum atomic E-state index is 12.6. The van der Waals surface area contributed by atoms with Crippen molar-refractivity contribution < 1.29 is 32.3 Å². The lowest BCUT2D eigenvalue weighted by Crippen LogP contribution is -2.46. The standard InChI is InChI=1S/C16H18F3N3O4/c1-9-10(5-6-12(21-9)16(17,18)19)15(25)26-8-13(23)22-11-4-2-3-7-20-14(11)24/h5-6,11H,2-4,7-8H2,1H3,(H,20,24)(H,22,23). The Labute approximate surface area is 147 Å². The molecule has 142 valence electrons. The van der Waals surface area contributed by atoms with E-state index in [4.69, 9.17) is 4.74 Å². The van der Waals surface area contributed by atoms with Gasteiger partial charge >= 0.3 is 12.1 Å². The third-order valence-electron chi connectivity index (χ3n) is 3.80. The van der Waals surface area contributed by atoms with Gasteiger partial charge in [0.25, 0.3) is 5.91 Å². The molecule has 2 amide bonds. The van der Waals surface area contributed by atoms with Crippen LogP contribution in [0.1, 0.15) is 41.0 Å². The number of rotatable bonds is 4. The number of carbonyl (C=O) groups excluding carboxylic acids is 3. The van der Waals surface area contributed by atoms with Gasteiger partial charge in [-0.15, -0.1) is 0 Å². The van der Waals surface area contributed by atoms with E-state index in [9.17, 15) is 27.6 Å². The molecule has 1 saturated heterocycles. The second-order valence-electron chi connectivity index (χ2n) is 5.81. The molecule has 2 heterocycles. The third-order valence-corrected chi connectivity index (χ3v) is 3.80. The Hall–Kier alpha value is -2.65. The number of halogens is 3. The van der Waals surface area contributed by atoms with Gasteiger partial charge < -0.3 is 15.4 Å². The molecule has 10 heteroatoms. The summed E-state index contributed by atoms with van der Waals surface area (Å²) < 4.78 is 42.5. The molecular weight excluding hydrogens is 355 g/mol. The number of hydrogen-bond donors (Lipinski definition) is 2. The number of alkyl halides is 3. The Morgan fingerprint density at radius 2 is 2.08 bits per heavy atom. The van der Waals surface area contributed by atoms with Crippen LogP contribution in [0.2, 0.25) is 0 Å². The molecule has 1 aliphatic heterocycles. The van der Waals surface area contributed by atoms with Crippen molar-refractivity contribution in [3.8, 4) is 0 Å². The van der Waals surface area contributed by atoms with Gasteiger partial charge in [0.1, 0.15) is 11.7 Å². The summed E-state index contributed by atoms with van der Waals surface area (Å²) in [6.45, 7) is 1.13. The van der Waals surface area contributed by atoms with E-state index in [-0.39, 0.29) is 17.2 Å². The predicted molar refractivity (Wildman–Crippen MR) is 83.0 cm³/mol. The molecule has 1 atom stereocenters. The Morgan fingerprint density at radius 3 is 2.73 bits per heavy atom. The monoisotopic (exact) mass is 373 g/mol. The summed E-state index contributed by atoms with van der Waals surface area (Å²) in [5, 5.41) is 5.12. The minimum atomic E-state index is -4.62. The Balaban J connectivity index is 1.91. The number of ether oxygens (including phenoxy) is 1. The SMILES string of the molecule is Cc1nc(C(F)(F)F)ccc1C(=O)OCC(=O)NC1CCCCNC1=O. The smallest absolute Gasteiger partial charge is 0.433 e. The van der Waals surface area contributed by atoms with Gasteiger partial charge in [-0.05, 0) is 38.3 Å². The number of hydrogen-bond acceptors (Lipinski definition) is 5. The third kappa shape index (κ3) is 5.17. The number of nitrogens with one attached hydrogen (secondary N) is 2. The van der Waals surface area contributed by atoms with Crippen LogP contribution in [0.25, 0.3) is 0 Å². The summed E-state index contributed by atoms with van der Waals surface area (Å²) in [5.41, 5.74) is -1.45. The minimum Gasteiger partial charge on any atom is -0.452 e. The number of aryl methyl sites for hydroxylation is 1. The van der Waals surface area contributed by atoms with E-state index in [1.165, 1.54) is 6.92 Å². The van der Waals surface area contributed by atoms with Crippen LogP contribution in [-0.4, -0.2) is 42.0 Å². The maximum absolute atomic E-state index is 12.6. The first-order chi connectivity index (χ1) is 12.2. The van der Waals surface area contributed by atoms with Crippen LogP contribution in [0.5, 0.6) is 0 Å². The van der Waals surface area contributed by atoms with Crippen molar-refractivity contribution in [1.82, 2.24) is 15.6 Å². The predicted octanol–water partition coefficient (Wildman–Crippen LogP) is 1.35. The summed E-state index contributed by atoms with van der Waals surface area (Å²) >= 11 is 0. The first-order valence-electron chi connectivity index (χ1n) is 7.97. The number of nitrogens with zero attached hydrogens (tertiary/aromatic N) is 1. The van der Waals surface area contributed by atoms with Crippen molar-refractivity contribution in [3.63, 3.8) is 0 Å². The van der Waals surface area contributed by atoms with Gasteiger partial charge in [0.2, 0.25) is 5.91 Å². The maximum Gasteiger partial charge on any atom is 0.433 e.